The molecule has 1 aromatic rings. The molecule has 0 radical (unpaired) electrons. The summed E-state index contributed by atoms with van der Waals surface area (Å²) < 4.78 is 0. The third-order valence-electron chi connectivity index (χ3n) is 4.81. The molecular formula is C17H27N3. The molecule has 1 aromatic heterocycles. The minimum absolute atomic E-state index is 0.337. The van der Waals surface area contributed by atoms with Crippen molar-refractivity contribution in [3.63, 3.8) is 0 Å². The van der Waals surface area contributed by atoms with Gasteiger partial charge in [-0.05, 0) is 44.1 Å². The van der Waals surface area contributed by atoms with E-state index in [-0.39, 0.29) is 0 Å². The monoisotopic (exact) mass is 273 g/mol. The molecule has 0 aliphatic heterocycles. The molecule has 0 saturated heterocycles. The van der Waals surface area contributed by atoms with Gasteiger partial charge in [0.2, 0.25) is 0 Å². The van der Waals surface area contributed by atoms with Crippen LogP contribution in [0.5, 0.6) is 0 Å². The molecule has 2 aliphatic carbocycles. The van der Waals surface area contributed by atoms with Gasteiger partial charge in [0.1, 0.15) is 5.82 Å². The first-order valence-corrected chi connectivity index (χ1v) is 8.18. The van der Waals surface area contributed by atoms with Crippen LogP contribution in [0.4, 0.5) is 0 Å². The van der Waals surface area contributed by atoms with Crippen molar-refractivity contribution in [2.24, 2.45) is 5.41 Å². The van der Waals surface area contributed by atoms with Gasteiger partial charge in [-0.2, -0.15) is 0 Å². The Morgan fingerprint density at radius 3 is 2.80 bits per heavy atom. The first kappa shape index (κ1) is 14.0. The average Bonchev–Trinajstić information content (AvgIpc) is 2.32. The fourth-order valence-electron chi connectivity index (χ4n) is 3.43. The minimum atomic E-state index is 0.337. The summed E-state index contributed by atoms with van der Waals surface area (Å²) in [7, 11) is 0. The number of hydrogen-bond acceptors (Lipinski definition) is 3. The Morgan fingerprint density at radius 2 is 2.15 bits per heavy atom. The van der Waals surface area contributed by atoms with E-state index in [1.54, 1.807) is 0 Å². The zero-order chi connectivity index (χ0) is 14.2. The molecule has 0 bridgehead atoms. The molecule has 1 heterocycles. The molecule has 20 heavy (non-hydrogen) atoms. The van der Waals surface area contributed by atoms with E-state index in [9.17, 15) is 0 Å². The van der Waals surface area contributed by atoms with Crippen LogP contribution >= 0.6 is 0 Å². The maximum absolute atomic E-state index is 4.94. The van der Waals surface area contributed by atoms with Crippen LogP contribution in [0.25, 0.3) is 0 Å². The highest BCUT2D eigenvalue weighted by Crippen LogP contribution is 2.41. The van der Waals surface area contributed by atoms with Gasteiger partial charge in [0.15, 0.2) is 0 Å². The van der Waals surface area contributed by atoms with Crippen molar-refractivity contribution in [1.29, 1.82) is 0 Å². The zero-order valence-electron chi connectivity index (χ0n) is 13.1. The van der Waals surface area contributed by atoms with Gasteiger partial charge in [0.05, 0.1) is 0 Å². The van der Waals surface area contributed by atoms with E-state index in [1.165, 1.54) is 43.4 Å². The number of fused-ring (bicyclic) bond motifs is 1. The Balaban J connectivity index is 1.88. The van der Waals surface area contributed by atoms with Crippen molar-refractivity contribution in [3.8, 4) is 0 Å². The molecule has 1 saturated carbocycles. The van der Waals surface area contributed by atoms with Crippen LogP contribution in [0.3, 0.4) is 0 Å². The van der Waals surface area contributed by atoms with Gasteiger partial charge in [-0.15, -0.1) is 0 Å². The van der Waals surface area contributed by atoms with Crippen LogP contribution in [-0.4, -0.2) is 16.5 Å². The normalized spacial score (nSPS) is 25.1. The summed E-state index contributed by atoms with van der Waals surface area (Å²) in [6.45, 7) is 8.02. The maximum Gasteiger partial charge on any atom is 0.131 e. The number of aromatic nitrogens is 2. The van der Waals surface area contributed by atoms with E-state index in [2.05, 4.69) is 37.3 Å². The molecule has 3 nitrogen and oxygen atoms in total. The fraction of sp³-hybridized carbons (Fsp3) is 0.765. The average molecular weight is 273 g/mol. The van der Waals surface area contributed by atoms with Crippen LogP contribution in [0.2, 0.25) is 0 Å². The highest BCUT2D eigenvalue weighted by molar-refractivity contribution is 5.27. The predicted octanol–water partition coefficient (Wildman–Crippen LogP) is 3.76. The van der Waals surface area contributed by atoms with E-state index >= 15 is 0 Å². The van der Waals surface area contributed by atoms with Gasteiger partial charge in [-0.1, -0.05) is 27.2 Å². The Labute approximate surface area is 122 Å². The Hall–Kier alpha value is -0.960. The fourth-order valence-corrected chi connectivity index (χ4v) is 3.43. The van der Waals surface area contributed by atoms with Crippen LogP contribution in [0, 0.1) is 5.41 Å². The second kappa shape index (κ2) is 5.44. The predicted molar refractivity (Wildman–Crippen MR) is 81.8 cm³/mol. The third kappa shape index (κ3) is 2.73. The van der Waals surface area contributed by atoms with E-state index in [4.69, 9.17) is 4.98 Å². The first-order chi connectivity index (χ1) is 9.59. The summed E-state index contributed by atoms with van der Waals surface area (Å²) in [6.07, 6.45) is 9.46. The van der Waals surface area contributed by atoms with Gasteiger partial charge in [-0.3, -0.25) is 0 Å². The zero-order valence-corrected chi connectivity index (χ0v) is 13.1. The molecule has 110 valence electrons. The maximum atomic E-state index is 4.94. The van der Waals surface area contributed by atoms with Crippen molar-refractivity contribution in [2.75, 3.05) is 6.54 Å². The van der Waals surface area contributed by atoms with Crippen LogP contribution in [-0.2, 0) is 6.42 Å². The standard InChI is InChI=1S/C17H27N3/c1-4-8-18-14-9-17(2,3)10-15-13(14)11-19-16(20-15)12-6-5-7-12/h11-12,14,18H,4-10H2,1-3H3. The summed E-state index contributed by atoms with van der Waals surface area (Å²) in [5.74, 6) is 1.73. The molecule has 1 unspecified atom stereocenters. The van der Waals surface area contributed by atoms with Crippen molar-refractivity contribution < 1.29 is 0 Å². The lowest BCUT2D eigenvalue weighted by atomic mass is 9.74. The summed E-state index contributed by atoms with van der Waals surface area (Å²) >= 11 is 0. The molecule has 2 aliphatic rings. The molecule has 3 rings (SSSR count). The summed E-state index contributed by atoms with van der Waals surface area (Å²) in [5.41, 5.74) is 2.98. The Morgan fingerprint density at radius 1 is 1.35 bits per heavy atom. The second-order valence-corrected chi connectivity index (χ2v) is 7.31. The minimum Gasteiger partial charge on any atom is -0.310 e. The molecular weight excluding hydrogens is 246 g/mol. The smallest absolute Gasteiger partial charge is 0.131 e. The third-order valence-corrected chi connectivity index (χ3v) is 4.81. The molecule has 1 N–H and O–H groups in total. The van der Waals surface area contributed by atoms with Gasteiger partial charge in [0, 0.05) is 29.4 Å². The number of hydrogen-bond donors (Lipinski definition) is 1. The molecule has 1 atom stereocenters. The largest absolute Gasteiger partial charge is 0.310 e. The lowest BCUT2D eigenvalue weighted by molar-refractivity contribution is 0.252. The highest BCUT2D eigenvalue weighted by atomic mass is 15.0. The SMILES string of the molecule is CCCNC1CC(C)(C)Cc2nc(C3CCC3)ncc21. The van der Waals surface area contributed by atoms with E-state index in [1.807, 2.05) is 0 Å². The van der Waals surface area contributed by atoms with Crippen molar-refractivity contribution in [3.05, 3.63) is 23.3 Å². The van der Waals surface area contributed by atoms with Crippen LogP contribution in [0.15, 0.2) is 6.20 Å². The van der Waals surface area contributed by atoms with Gasteiger partial charge < -0.3 is 5.32 Å². The quantitative estimate of drug-likeness (QED) is 0.907. The number of nitrogens with zero attached hydrogens (tertiary/aromatic N) is 2. The van der Waals surface area contributed by atoms with Crippen LogP contribution < -0.4 is 5.32 Å². The molecule has 1 fully saturated rings. The van der Waals surface area contributed by atoms with Crippen molar-refractivity contribution in [1.82, 2.24) is 15.3 Å². The highest BCUT2D eigenvalue weighted by Gasteiger charge is 2.34. The van der Waals surface area contributed by atoms with Crippen molar-refractivity contribution in [2.45, 2.75) is 71.3 Å². The summed E-state index contributed by atoms with van der Waals surface area (Å²) in [6, 6.07) is 0.434. The van der Waals surface area contributed by atoms with Crippen LogP contribution in [0.1, 0.15) is 81.9 Å². The van der Waals surface area contributed by atoms with Gasteiger partial charge in [0.25, 0.3) is 0 Å². The molecule has 0 amide bonds. The first-order valence-electron chi connectivity index (χ1n) is 8.18. The topological polar surface area (TPSA) is 37.8 Å². The lowest BCUT2D eigenvalue weighted by Gasteiger charge is -2.37. The number of nitrogens with one attached hydrogen (secondary N) is 1. The number of rotatable bonds is 4. The second-order valence-electron chi connectivity index (χ2n) is 7.31. The molecule has 0 spiro atoms. The van der Waals surface area contributed by atoms with Gasteiger partial charge >= 0.3 is 0 Å². The van der Waals surface area contributed by atoms with E-state index < -0.39 is 0 Å². The van der Waals surface area contributed by atoms with E-state index in [0.717, 1.165) is 18.8 Å². The van der Waals surface area contributed by atoms with Gasteiger partial charge in [-0.25, -0.2) is 9.97 Å². The summed E-state index contributed by atoms with van der Waals surface area (Å²) in [5, 5.41) is 3.68. The van der Waals surface area contributed by atoms with E-state index in [0.29, 0.717) is 17.4 Å². The Kier molecular flexibility index (Phi) is 3.80. The molecule has 3 heteroatoms. The molecule has 0 aromatic carbocycles. The summed E-state index contributed by atoms with van der Waals surface area (Å²) in [4.78, 5) is 9.61. The lowest BCUT2D eigenvalue weighted by Crippen LogP contribution is -2.35. The Bertz CT molecular complexity index is 477. The van der Waals surface area contributed by atoms with Crippen molar-refractivity contribution >= 4 is 0 Å².